The second kappa shape index (κ2) is 7.98. The molecule has 0 saturated carbocycles. The van der Waals surface area contributed by atoms with Crippen molar-refractivity contribution in [3.05, 3.63) is 64.0 Å². The van der Waals surface area contributed by atoms with Crippen LogP contribution < -0.4 is 4.74 Å². The number of halogens is 1. The molecule has 1 aliphatic rings. The fourth-order valence-corrected chi connectivity index (χ4v) is 3.83. The van der Waals surface area contributed by atoms with E-state index in [9.17, 15) is 9.59 Å². The van der Waals surface area contributed by atoms with Crippen LogP contribution in [0.4, 0.5) is 0 Å². The third-order valence-electron chi connectivity index (χ3n) is 3.93. The third-order valence-corrected chi connectivity index (χ3v) is 5.27. The Hall–Kier alpha value is -2.24. The number of nitrogens with zero attached hydrogens (tertiary/aromatic N) is 1. The van der Waals surface area contributed by atoms with E-state index in [2.05, 4.69) is 0 Å². The number of thioether (sulfide) groups is 1. The summed E-state index contributed by atoms with van der Waals surface area (Å²) in [7, 11) is 0. The topological polar surface area (TPSA) is 46.6 Å². The lowest BCUT2D eigenvalue weighted by atomic mass is 10.1. The zero-order chi connectivity index (χ0) is 18.7. The standard InChI is InChI=1S/C20H18ClNO3S/c1-3-22-19(23)17(13-5-9-15(10-6-13)25-4-2)18(20(22)24)26-16-11-7-14(21)8-12-16/h5-12H,3-4H2,1-2H3. The van der Waals surface area contributed by atoms with E-state index in [-0.39, 0.29) is 11.8 Å². The van der Waals surface area contributed by atoms with Crippen LogP contribution in [0.3, 0.4) is 0 Å². The lowest BCUT2D eigenvalue weighted by Crippen LogP contribution is -2.31. The maximum atomic E-state index is 12.8. The SMILES string of the molecule is CCOc1ccc(C2=C(Sc3ccc(Cl)cc3)C(=O)N(CC)C2=O)cc1. The molecular formula is C20H18ClNO3S. The highest BCUT2D eigenvalue weighted by Gasteiger charge is 2.38. The summed E-state index contributed by atoms with van der Waals surface area (Å²) in [4.78, 5) is 28.1. The van der Waals surface area contributed by atoms with Gasteiger partial charge in [0.05, 0.1) is 17.1 Å². The molecule has 3 rings (SSSR count). The number of hydrogen-bond acceptors (Lipinski definition) is 4. The third kappa shape index (κ3) is 3.64. The molecule has 0 saturated heterocycles. The van der Waals surface area contributed by atoms with E-state index < -0.39 is 0 Å². The molecular weight excluding hydrogens is 370 g/mol. The second-order valence-corrected chi connectivity index (χ2v) is 7.09. The minimum atomic E-state index is -0.266. The van der Waals surface area contributed by atoms with Crippen molar-refractivity contribution in [1.82, 2.24) is 4.90 Å². The number of ether oxygens (including phenoxy) is 1. The summed E-state index contributed by atoms with van der Waals surface area (Å²) in [6.45, 7) is 4.61. The van der Waals surface area contributed by atoms with Gasteiger partial charge < -0.3 is 4.74 Å². The van der Waals surface area contributed by atoms with Crippen LogP contribution >= 0.6 is 23.4 Å². The number of carbonyl (C=O) groups excluding carboxylic acids is 2. The number of carbonyl (C=O) groups is 2. The highest BCUT2D eigenvalue weighted by molar-refractivity contribution is 8.04. The van der Waals surface area contributed by atoms with Gasteiger partial charge in [-0.05, 0) is 55.8 Å². The monoisotopic (exact) mass is 387 g/mol. The minimum Gasteiger partial charge on any atom is -0.494 e. The van der Waals surface area contributed by atoms with Crippen molar-refractivity contribution < 1.29 is 14.3 Å². The lowest BCUT2D eigenvalue weighted by molar-refractivity contribution is -0.136. The van der Waals surface area contributed by atoms with Gasteiger partial charge in [0.25, 0.3) is 11.8 Å². The Kier molecular flexibility index (Phi) is 5.69. The van der Waals surface area contributed by atoms with E-state index in [1.54, 1.807) is 19.1 Å². The number of rotatable bonds is 6. The van der Waals surface area contributed by atoms with E-state index in [4.69, 9.17) is 16.3 Å². The molecule has 0 N–H and O–H groups in total. The quantitative estimate of drug-likeness (QED) is 0.678. The Balaban J connectivity index is 2.02. The lowest BCUT2D eigenvalue weighted by Gasteiger charge is -2.11. The largest absolute Gasteiger partial charge is 0.494 e. The van der Waals surface area contributed by atoms with Gasteiger partial charge in [0.15, 0.2) is 0 Å². The molecule has 0 fully saturated rings. The predicted octanol–water partition coefficient (Wildman–Crippen LogP) is 4.63. The maximum absolute atomic E-state index is 12.8. The Morgan fingerprint density at radius 3 is 2.19 bits per heavy atom. The molecule has 2 amide bonds. The first-order valence-electron chi connectivity index (χ1n) is 8.32. The molecule has 2 aromatic carbocycles. The molecule has 134 valence electrons. The molecule has 0 spiro atoms. The Morgan fingerprint density at radius 2 is 1.62 bits per heavy atom. The molecule has 0 unspecified atom stereocenters. The van der Waals surface area contributed by atoms with Crippen molar-refractivity contribution in [2.24, 2.45) is 0 Å². The van der Waals surface area contributed by atoms with Crippen molar-refractivity contribution in [2.45, 2.75) is 18.7 Å². The van der Waals surface area contributed by atoms with Gasteiger partial charge in [0, 0.05) is 16.5 Å². The van der Waals surface area contributed by atoms with Crippen molar-refractivity contribution in [3.63, 3.8) is 0 Å². The number of hydrogen-bond donors (Lipinski definition) is 0. The summed E-state index contributed by atoms with van der Waals surface area (Å²) >= 11 is 7.21. The zero-order valence-electron chi connectivity index (χ0n) is 14.5. The average Bonchev–Trinajstić information content (AvgIpc) is 2.87. The van der Waals surface area contributed by atoms with Gasteiger partial charge in [-0.15, -0.1) is 0 Å². The molecule has 26 heavy (non-hydrogen) atoms. The zero-order valence-corrected chi connectivity index (χ0v) is 16.1. The summed E-state index contributed by atoms with van der Waals surface area (Å²) in [5.74, 6) is 0.201. The smallest absolute Gasteiger partial charge is 0.268 e. The van der Waals surface area contributed by atoms with Crippen LogP contribution in [0.25, 0.3) is 5.57 Å². The number of amides is 2. The van der Waals surface area contributed by atoms with E-state index in [1.165, 1.54) is 16.7 Å². The van der Waals surface area contributed by atoms with E-state index >= 15 is 0 Å². The van der Waals surface area contributed by atoms with Crippen LogP contribution in [-0.4, -0.2) is 29.9 Å². The molecule has 0 aromatic heterocycles. The van der Waals surface area contributed by atoms with Crippen molar-refractivity contribution in [1.29, 1.82) is 0 Å². The molecule has 1 aliphatic heterocycles. The summed E-state index contributed by atoms with van der Waals surface area (Å²) in [6, 6.07) is 14.4. The Labute approximate surface area is 161 Å². The maximum Gasteiger partial charge on any atom is 0.268 e. The number of benzene rings is 2. The van der Waals surface area contributed by atoms with Gasteiger partial charge in [-0.3, -0.25) is 14.5 Å². The number of imide groups is 1. The molecule has 0 bridgehead atoms. The molecule has 0 atom stereocenters. The Bertz CT molecular complexity index is 860. The van der Waals surface area contributed by atoms with Gasteiger partial charge in [0.1, 0.15) is 5.75 Å². The molecule has 6 heteroatoms. The molecule has 1 heterocycles. The molecule has 4 nitrogen and oxygen atoms in total. The van der Waals surface area contributed by atoms with Crippen LogP contribution in [0.15, 0.2) is 58.3 Å². The average molecular weight is 388 g/mol. The first-order chi connectivity index (χ1) is 12.5. The van der Waals surface area contributed by atoms with Gasteiger partial charge in [-0.1, -0.05) is 35.5 Å². The summed E-state index contributed by atoms with van der Waals surface area (Å²) in [5.41, 5.74) is 1.14. The first-order valence-corrected chi connectivity index (χ1v) is 9.51. The molecule has 0 aliphatic carbocycles. The van der Waals surface area contributed by atoms with Gasteiger partial charge >= 0.3 is 0 Å². The minimum absolute atomic E-state index is 0.263. The first kappa shape index (κ1) is 18.5. The van der Waals surface area contributed by atoms with Crippen LogP contribution in [0.1, 0.15) is 19.4 Å². The predicted molar refractivity (Wildman–Crippen MR) is 104 cm³/mol. The van der Waals surface area contributed by atoms with Gasteiger partial charge in [0.2, 0.25) is 0 Å². The van der Waals surface area contributed by atoms with Crippen LogP contribution in [0.2, 0.25) is 5.02 Å². The fourth-order valence-electron chi connectivity index (χ4n) is 2.70. The fraction of sp³-hybridized carbons (Fsp3) is 0.200. The summed E-state index contributed by atoms with van der Waals surface area (Å²) in [5, 5.41) is 0.624. The highest BCUT2D eigenvalue weighted by atomic mass is 35.5. The van der Waals surface area contributed by atoms with Crippen molar-refractivity contribution in [3.8, 4) is 5.75 Å². The summed E-state index contributed by atoms with van der Waals surface area (Å²) < 4.78 is 5.45. The van der Waals surface area contributed by atoms with Gasteiger partial charge in [-0.25, -0.2) is 0 Å². The number of likely N-dealkylation sites (N-methyl/N-ethyl adjacent to an activating group) is 1. The molecule has 0 radical (unpaired) electrons. The van der Waals surface area contributed by atoms with Crippen molar-refractivity contribution in [2.75, 3.05) is 13.2 Å². The second-order valence-electron chi connectivity index (χ2n) is 5.57. The van der Waals surface area contributed by atoms with Crippen LogP contribution in [-0.2, 0) is 9.59 Å². The van der Waals surface area contributed by atoms with E-state index in [0.717, 1.165) is 10.6 Å². The normalized spacial score (nSPS) is 14.3. The molecule has 2 aromatic rings. The van der Waals surface area contributed by atoms with E-state index in [1.807, 2.05) is 43.3 Å². The summed E-state index contributed by atoms with van der Waals surface area (Å²) in [6.07, 6.45) is 0. The highest BCUT2D eigenvalue weighted by Crippen LogP contribution is 2.40. The van der Waals surface area contributed by atoms with Crippen LogP contribution in [0, 0.1) is 0 Å². The van der Waals surface area contributed by atoms with Crippen molar-refractivity contribution >= 4 is 40.8 Å². The van der Waals surface area contributed by atoms with E-state index in [0.29, 0.717) is 34.2 Å². The van der Waals surface area contributed by atoms with Gasteiger partial charge in [-0.2, -0.15) is 0 Å². The van der Waals surface area contributed by atoms with Crippen LogP contribution in [0.5, 0.6) is 5.75 Å². The Morgan fingerprint density at radius 1 is 0.962 bits per heavy atom.